The second-order valence-corrected chi connectivity index (χ2v) is 3.44. The number of hydrogen-bond acceptors (Lipinski definition) is 1. The minimum Gasteiger partial charge on any atom is -0.298 e. The molecule has 0 bridgehead atoms. The molecule has 1 aromatic carbocycles. The van der Waals surface area contributed by atoms with Crippen molar-refractivity contribution in [1.82, 2.24) is 0 Å². The molecule has 0 amide bonds. The Bertz CT molecular complexity index is 334. The van der Waals surface area contributed by atoms with Crippen LogP contribution in [0.4, 0.5) is 4.39 Å². The summed E-state index contributed by atoms with van der Waals surface area (Å²) in [5.74, 6) is -0.472. The molecule has 0 fully saturated rings. The Kier molecular flexibility index (Phi) is 2.62. The molecule has 1 nitrogen and oxygen atoms in total. The second-order valence-electron chi connectivity index (χ2n) is 2.65. The van der Waals surface area contributed by atoms with E-state index in [9.17, 15) is 9.18 Å². The average molecular weight is 231 g/mol. The average Bonchev–Trinajstić information content (AvgIpc) is 2.01. The van der Waals surface area contributed by atoms with Gasteiger partial charge in [-0.15, -0.1) is 0 Å². The first-order valence-corrected chi connectivity index (χ1v) is 4.27. The van der Waals surface area contributed by atoms with E-state index in [0.29, 0.717) is 10.8 Å². The molecule has 0 radical (unpaired) electrons. The summed E-state index contributed by atoms with van der Waals surface area (Å²) in [6.07, 6.45) is 0.520. The van der Waals surface area contributed by atoms with E-state index in [-0.39, 0.29) is 5.56 Å². The Hall–Kier alpha value is -0.700. The highest BCUT2D eigenvalue weighted by Gasteiger charge is 2.10. The number of carbonyl (C=O) groups is 1. The Morgan fingerprint density at radius 3 is 2.58 bits per heavy atom. The summed E-state index contributed by atoms with van der Waals surface area (Å²) in [6.45, 7) is 3.64. The van der Waals surface area contributed by atoms with E-state index in [1.807, 2.05) is 6.92 Å². The fourth-order valence-corrected chi connectivity index (χ4v) is 1.56. The molecule has 0 aliphatic rings. The summed E-state index contributed by atoms with van der Waals surface area (Å²) < 4.78 is 13.6. The van der Waals surface area contributed by atoms with Gasteiger partial charge in [0.25, 0.3) is 0 Å². The zero-order valence-corrected chi connectivity index (χ0v) is 8.40. The number of benzene rings is 1. The molecule has 0 spiro atoms. The van der Waals surface area contributed by atoms with Gasteiger partial charge in [0, 0.05) is 4.47 Å². The number of halogens is 2. The van der Waals surface area contributed by atoms with Crippen LogP contribution < -0.4 is 0 Å². The minimum absolute atomic E-state index is 0.0955. The topological polar surface area (TPSA) is 17.1 Å². The monoisotopic (exact) mass is 230 g/mol. The third-order valence-corrected chi connectivity index (χ3v) is 2.90. The van der Waals surface area contributed by atoms with Gasteiger partial charge >= 0.3 is 0 Å². The minimum atomic E-state index is -0.472. The largest absolute Gasteiger partial charge is 0.298 e. The molecule has 0 aromatic heterocycles. The molecule has 3 heteroatoms. The van der Waals surface area contributed by atoms with Crippen LogP contribution in [0.15, 0.2) is 10.5 Å². The van der Waals surface area contributed by atoms with Crippen LogP contribution in [0.2, 0.25) is 0 Å². The van der Waals surface area contributed by atoms with Crippen LogP contribution in [-0.2, 0) is 0 Å². The van der Waals surface area contributed by atoms with Gasteiger partial charge in [0.05, 0.1) is 5.56 Å². The maximum atomic E-state index is 13.0. The van der Waals surface area contributed by atoms with Crippen LogP contribution in [0.25, 0.3) is 0 Å². The maximum absolute atomic E-state index is 13.0. The van der Waals surface area contributed by atoms with E-state index in [0.717, 1.165) is 11.1 Å². The summed E-state index contributed by atoms with van der Waals surface area (Å²) in [6, 6.07) is 1.36. The molecule has 1 rings (SSSR count). The van der Waals surface area contributed by atoms with Gasteiger partial charge in [-0.25, -0.2) is 4.39 Å². The van der Waals surface area contributed by atoms with Gasteiger partial charge in [-0.1, -0.05) is 0 Å². The van der Waals surface area contributed by atoms with Crippen LogP contribution in [0.1, 0.15) is 21.5 Å². The molecule has 0 heterocycles. The molecule has 0 atom stereocenters. The van der Waals surface area contributed by atoms with E-state index in [1.54, 1.807) is 6.92 Å². The predicted octanol–water partition coefficient (Wildman–Crippen LogP) is 3.02. The van der Waals surface area contributed by atoms with Crippen molar-refractivity contribution in [3.8, 4) is 0 Å². The lowest BCUT2D eigenvalue weighted by Crippen LogP contribution is -1.94. The highest BCUT2D eigenvalue weighted by molar-refractivity contribution is 9.10. The summed E-state index contributed by atoms with van der Waals surface area (Å²) in [5, 5.41) is 0. The molecule has 1 aromatic rings. The Balaban J connectivity index is 3.51. The van der Waals surface area contributed by atoms with Crippen molar-refractivity contribution in [3.63, 3.8) is 0 Å². The molecule has 0 N–H and O–H groups in total. The van der Waals surface area contributed by atoms with Gasteiger partial charge in [-0.3, -0.25) is 4.79 Å². The molecule has 0 unspecified atom stereocenters. The van der Waals surface area contributed by atoms with E-state index >= 15 is 0 Å². The molecule has 12 heavy (non-hydrogen) atoms. The highest BCUT2D eigenvalue weighted by atomic mass is 79.9. The molecule has 0 saturated heterocycles. The van der Waals surface area contributed by atoms with Gasteiger partial charge in [-0.2, -0.15) is 0 Å². The normalized spacial score (nSPS) is 10.0. The summed E-state index contributed by atoms with van der Waals surface area (Å²) in [4.78, 5) is 10.4. The Morgan fingerprint density at radius 2 is 2.08 bits per heavy atom. The number of hydrogen-bond donors (Lipinski definition) is 0. The Morgan fingerprint density at radius 1 is 1.50 bits per heavy atom. The van der Waals surface area contributed by atoms with E-state index < -0.39 is 5.82 Å². The van der Waals surface area contributed by atoms with Gasteiger partial charge in [0.2, 0.25) is 0 Å². The van der Waals surface area contributed by atoms with Crippen LogP contribution in [0.3, 0.4) is 0 Å². The Labute approximate surface area is 78.7 Å². The first-order chi connectivity index (χ1) is 5.57. The van der Waals surface area contributed by atoms with Gasteiger partial charge in [0.1, 0.15) is 5.82 Å². The van der Waals surface area contributed by atoms with Crippen molar-refractivity contribution in [2.24, 2.45) is 0 Å². The van der Waals surface area contributed by atoms with Crippen molar-refractivity contribution in [2.75, 3.05) is 0 Å². The zero-order valence-electron chi connectivity index (χ0n) is 6.82. The summed E-state index contributed by atoms with van der Waals surface area (Å²) in [7, 11) is 0. The maximum Gasteiger partial charge on any atom is 0.154 e. The van der Waals surface area contributed by atoms with E-state index in [4.69, 9.17) is 0 Å². The zero-order chi connectivity index (χ0) is 9.30. The van der Waals surface area contributed by atoms with Crippen LogP contribution in [0.5, 0.6) is 0 Å². The molecular weight excluding hydrogens is 223 g/mol. The third-order valence-electron chi connectivity index (χ3n) is 1.88. The van der Waals surface area contributed by atoms with Crippen LogP contribution in [-0.4, -0.2) is 6.29 Å². The van der Waals surface area contributed by atoms with Crippen LogP contribution >= 0.6 is 15.9 Å². The standard InChI is InChI=1S/C9H8BrFO/c1-5-3-8(11)7(4-12)9(10)6(5)2/h3-4H,1-2H3. The van der Waals surface area contributed by atoms with Crippen LogP contribution in [0, 0.1) is 19.7 Å². The molecule has 0 saturated carbocycles. The van der Waals surface area contributed by atoms with Gasteiger partial charge in [-0.05, 0) is 47.0 Å². The molecule has 0 aliphatic heterocycles. The number of aryl methyl sites for hydroxylation is 1. The summed E-state index contributed by atoms with van der Waals surface area (Å²) >= 11 is 3.17. The molecule has 0 aliphatic carbocycles. The molecule has 64 valence electrons. The second kappa shape index (κ2) is 3.35. The predicted molar refractivity (Wildman–Crippen MR) is 49.0 cm³/mol. The fourth-order valence-electron chi connectivity index (χ4n) is 0.964. The summed E-state index contributed by atoms with van der Waals surface area (Å²) in [5.41, 5.74) is 1.83. The lowest BCUT2D eigenvalue weighted by molar-refractivity contribution is 0.111. The highest BCUT2D eigenvalue weighted by Crippen LogP contribution is 2.25. The first kappa shape index (κ1) is 9.39. The number of rotatable bonds is 1. The van der Waals surface area contributed by atoms with Crippen molar-refractivity contribution in [3.05, 3.63) is 33.0 Å². The fraction of sp³-hybridized carbons (Fsp3) is 0.222. The van der Waals surface area contributed by atoms with E-state index in [1.165, 1.54) is 6.07 Å². The van der Waals surface area contributed by atoms with Gasteiger partial charge < -0.3 is 0 Å². The smallest absolute Gasteiger partial charge is 0.154 e. The van der Waals surface area contributed by atoms with Gasteiger partial charge in [0.15, 0.2) is 6.29 Å². The van der Waals surface area contributed by atoms with Crippen molar-refractivity contribution >= 4 is 22.2 Å². The van der Waals surface area contributed by atoms with Crippen molar-refractivity contribution < 1.29 is 9.18 Å². The van der Waals surface area contributed by atoms with Crippen molar-refractivity contribution in [1.29, 1.82) is 0 Å². The molecular formula is C9H8BrFO. The first-order valence-electron chi connectivity index (χ1n) is 3.48. The lowest BCUT2D eigenvalue weighted by Gasteiger charge is -2.05. The van der Waals surface area contributed by atoms with E-state index in [2.05, 4.69) is 15.9 Å². The third kappa shape index (κ3) is 1.41. The quantitative estimate of drug-likeness (QED) is 0.679. The number of carbonyl (C=O) groups excluding carboxylic acids is 1. The number of aldehydes is 1. The SMILES string of the molecule is Cc1cc(F)c(C=O)c(Br)c1C. The lowest BCUT2D eigenvalue weighted by atomic mass is 10.1. The van der Waals surface area contributed by atoms with Crippen molar-refractivity contribution in [2.45, 2.75) is 13.8 Å².